The first-order valence-corrected chi connectivity index (χ1v) is 13.7. The molecule has 2 heterocycles. The van der Waals surface area contributed by atoms with Gasteiger partial charge >= 0.3 is 12.3 Å². The second-order valence-electron chi connectivity index (χ2n) is 11.3. The number of rotatable bonds is 6. The zero-order valence-corrected chi connectivity index (χ0v) is 23.3. The molecule has 2 aromatic carbocycles. The van der Waals surface area contributed by atoms with E-state index >= 15 is 0 Å². The molecular weight excluding hydrogens is 521 g/mol. The summed E-state index contributed by atoms with van der Waals surface area (Å²) in [6, 6.07) is 13.7. The lowest BCUT2D eigenvalue weighted by Crippen LogP contribution is -2.50. The molecule has 0 bridgehead atoms. The summed E-state index contributed by atoms with van der Waals surface area (Å²) in [5.74, 6) is 1.12. The summed E-state index contributed by atoms with van der Waals surface area (Å²) in [6.45, 7) is 11.0. The van der Waals surface area contributed by atoms with Crippen molar-refractivity contribution in [1.29, 1.82) is 5.26 Å². The Bertz CT molecular complexity index is 1190. The highest BCUT2D eigenvalue weighted by atomic mass is 19.4. The van der Waals surface area contributed by atoms with Crippen molar-refractivity contribution in [3.05, 3.63) is 59.2 Å². The molecule has 7 nitrogen and oxygen atoms in total. The van der Waals surface area contributed by atoms with Gasteiger partial charge in [-0.1, -0.05) is 12.1 Å². The SMILES string of the molecule is CC(C)(C)OC(=O)N1CCN(CCOc2ccc(C3CCN(c4ccc(C#N)c(C(F)(F)F)c4)CC3)cc2)CC1. The van der Waals surface area contributed by atoms with Crippen molar-refractivity contribution in [3.63, 3.8) is 0 Å². The molecule has 1 amide bonds. The predicted molar refractivity (Wildman–Crippen MR) is 147 cm³/mol. The number of anilines is 1. The summed E-state index contributed by atoms with van der Waals surface area (Å²) in [4.78, 5) is 18.2. The highest BCUT2D eigenvalue weighted by Crippen LogP contribution is 2.36. The molecule has 10 heteroatoms. The molecule has 40 heavy (non-hydrogen) atoms. The summed E-state index contributed by atoms with van der Waals surface area (Å²) in [7, 11) is 0. The molecule has 2 saturated heterocycles. The second kappa shape index (κ2) is 12.4. The van der Waals surface area contributed by atoms with Crippen LogP contribution < -0.4 is 9.64 Å². The van der Waals surface area contributed by atoms with Crippen LogP contribution in [-0.2, 0) is 10.9 Å². The van der Waals surface area contributed by atoms with Crippen LogP contribution in [0, 0.1) is 11.3 Å². The molecule has 0 radical (unpaired) electrons. The van der Waals surface area contributed by atoms with E-state index in [9.17, 15) is 18.0 Å². The number of carbonyl (C=O) groups excluding carboxylic acids is 1. The van der Waals surface area contributed by atoms with Crippen LogP contribution in [0.2, 0.25) is 0 Å². The summed E-state index contributed by atoms with van der Waals surface area (Å²) >= 11 is 0. The maximum atomic E-state index is 13.4. The summed E-state index contributed by atoms with van der Waals surface area (Å²) in [5, 5.41) is 9.03. The molecule has 2 aliphatic heterocycles. The highest BCUT2D eigenvalue weighted by Gasteiger charge is 2.34. The molecular formula is C30H37F3N4O3. The van der Waals surface area contributed by atoms with Gasteiger partial charge in [-0.25, -0.2) is 4.79 Å². The number of benzene rings is 2. The number of piperidine rings is 1. The molecule has 2 fully saturated rings. The lowest BCUT2D eigenvalue weighted by Gasteiger charge is -2.35. The van der Waals surface area contributed by atoms with E-state index in [1.807, 2.05) is 37.8 Å². The number of halogens is 3. The van der Waals surface area contributed by atoms with Gasteiger partial charge in [0, 0.05) is 51.5 Å². The van der Waals surface area contributed by atoms with E-state index in [0.29, 0.717) is 44.4 Å². The van der Waals surface area contributed by atoms with Crippen molar-refractivity contribution in [2.24, 2.45) is 0 Å². The van der Waals surface area contributed by atoms with E-state index in [4.69, 9.17) is 14.7 Å². The number of ether oxygens (including phenoxy) is 2. The van der Waals surface area contributed by atoms with E-state index in [1.165, 1.54) is 11.6 Å². The van der Waals surface area contributed by atoms with Gasteiger partial charge in [0.2, 0.25) is 0 Å². The van der Waals surface area contributed by atoms with Gasteiger partial charge in [0.15, 0.2) is 0 Å². The van der Waals surface area contributed by atoms with E-state index in [2.05, 4.69) is 17.0 Å². The van der Waals surface area contributed by atoms with E-state index in [-0.39, 0.29) is 11.7 Å². The Morgan fingerprint density at radius 1 is 0.975 bits per heavy atom. The van der Waals surface area contributed by atoms with Crippen molar-refractivity contribution in [2.45, 2.75) is 51.3 Å². The lowest BCUT2D eigenvalue weighted by atomic mass is 9.89. The second-order valence-corrected chi connectivity index (χ2v) is 11.3. The molecule has 0 saturated carbocycles. The van der Waals surface area contributed by atoms with Gasteiger partial charge in [0.05, 0.1) is 17.2 Å². The van der Waals surface area contributed by atoms with E-state index in [0.717, 1.165) is 44.3 Å². The Kier molecular flexibility index (Phi) is 9.14. The Morgan fingerprint density at radius 2 is 1.62 bits per heavy atom. The summed E-state index contributed by atoms with van der Waals surface area (Å²) < 4.78 is 51.5. The first-order valence-electron chi connectivity index (χ1n) is 13.7. The average molecular weight is 559 g/mol. The van der Waals surface area contributed by atoms with Crippen molar-refractivity contribution >= 4 is 11.8 Å². The molecule has 0 atom stereocenters. The van der Waals surface area contributed by atoms with Crippen LogP contribution in [0.4, 0.5) is 23.7 Å². The Balaban J connectivity index is 1.20. The third kappa shape index (κ3) is 7.81. The van der Waals surface area contributed by atoms with Crippen molar-refractivity contribution in [1.82, 2.24) is 9.80 Å². The number of amides is 1. The maximum absolute atomic E-state index is 13.4. The molecule has 0 unspecified atom stereocenters. The standard InChI is InChI=1S/C30H37F3N4O3/c1-29(2,3)40-28(38)37-16-14-35(15-17-37)18-19-39-26-8-5-22(6-9-26)23-10-12-36(13-11-23)25-7-4-24(21-34)27(20-25)30(31,32)33/h4-9,20,23H,10-19H2,1-3H3. The molecule has 0 aromatic heterocycles. The normalized spacial score (nSPS) is 17.4. The fraction of sp³-hybridized carbons (Fsp3) is 0.533. The zero-order chi connectivity index (χ0) is 28.9. The third-order valence-corrected chi connectivity index (χ3v) is 7.34. The van der Waals surface area contributed by atoms with Crippen LogP contribution in [0.25, 0.3) is 0 Å². The van der Waals surface area contributed by atoms with Crippen LogP contribution in [-0.4, -0.2) is 73.9 Å². The number of piperazine rings is 1. The van der Waals surface area contributed by atoms with E-state index in [1.54, 1.807) is 17.0 Å². The number of nitriles is 1. The number of hydrogen-bond donors (Lipinski definition) is 0. The summed E-state index contributed by atoms with van der Waals surface area (Å²) in [5.41, 5.74) is -0.0333. The van der Waals surface area contributed by atoms with Gasteiger partial charge < -0.3 is 19.3 Å². The monoisotopic (exact) mass is 558 g/mol. The molecule has 0 spiro atoms. The van der Waals surface area contributed by atoms with Crippen molar-refractivity contribution in [3.8, 4) is 11.8 Å². The zero-order valence-electron chi connectivity index (χ0n) is 23.3. The number of alkyl halides is 3. The molecule has 216 valence electrons. The fourth-order valence-electron chi connectivity index (χ4n) is 5.14. The molecule has 0 N–H and O–H groups in total. The number of nitrogens with zero attached hydrogens (tertiary/aromatic N) is 4. The van der Waals surface area contributed by atoms with Gasteiger partial charge in [-0.05, 0) is 75.4 Å². The van der Waals surface area contributed by atoms with Gasteiger partial charge in [0.1, 0.15) is 18.0 Å². The topological polar surface area (TPSA) is 69.0 Å². The quantitative estimate of drug-likeness (QED) is 0.440. The smallest absolute Gasteiger partial charge is 0.417 e. The average Bonchev–Trinajstić information content (AvgIpc) is 2.92. The number of carbonyl (C=O) groups is 1. The van der Waals surface area contributed by atoms with Crippen LogP contribution in [0.15, 0.2) is 42.5 Å². The van der Waals surface area contributed by atoms with Crippen LogP contribution in [0.1, 0.15) is 56.2 Å². The largest absolute Gasteiger partial charge is 0.492 e. The van der Waals surface area contributed by atoms with Crippen molar-refractivity contribution < 1.29 is 27.4 Å². The van der Waals surface area contributed by atoms with Gasteiger partial charge in [-0.15, -0.1) is 0 Å². The molecule has 4 rings (SSSR count). The van der Waals surface area contributed by atoms with Crippen LogP contribution in [0.3, 0.4) is 0 Å². The Labute approximate surface area is 234 Å². The van der Waals surface area contributed by atoms with Gasteiger partial charge in [-0.2, -0.15) is 18.4 Å². The first-order chi connectivity index (χ1) is 18.9. The van der Waals surface area contributed by atoms with Gasteiger partial charge in [-0.3, -0.25) is 4.90 Å². The minimum absolute atomic E-state index is 0.265. The fourth-order valence-corrected chi connectivity index (χ4v) is 5.14. The first kappa shape index (κ1) is 29.5. The number of hydrogen-bond acceptors (Lipinski definition) is 6. The molecule has 0 aliphatic carbocycles. The molecule has 2 aromatic rings. The Morgan fingerprint density at radius 3 is 2.20 bits per heavy atom. The highest BCUT2D eigenvalue weighted by molar-refractivity contribution is 5.68. The minimum Gasteiger partial charge on any atom is -0.492 e. The Hall–Kier alpha value is -3.45. The predicted octanol–water partition coefficient (Wildman–Crippen LogP) is 5.89. The third-order valence-electron chi connectivity index (χ3n) is 7.34. The van der Waals surface area contributed by atoms with E-state index < -0.39 is 17.3 Å². The van der Waals surface area contributed by atoms with Crippen LogP contribution in [0.5, 0.6) is 5.75 Å². The maximum Gasteiger partial charge on any atom is 0.417 e. The van der Waals surface area contributed by atoms with Crippen molar-refractivity contribution in [2.75, 3.05) is 57.3 Å². The molecule has 2 aliphatic rings. The lowest BCUT2D eigenvalue weighted by molar-refractivity contribution is -0.137. The minimum atomic E-state index is -4.56. The summed E-state index contributed by atoms with van der Waals surface area (Å²) in [6.07, 6.45) is -3.16. The van der Waals surface area contributed by atoms with Gasteiger partial charge in [0.25, 0.3) is 0 Å². The van der Waals surface area contributed by atoms with Crippen LogP contribution >= 0.6 is 0 Å².